The lowest BCUT2D eigenvalue weighted by atomic mass is 10.0. The Labute approximate surface area is 117 Å². The van der Waals surface area contributed by atoms with Crippen molar-refractivity contribution >= 4 is 22.6 Å². The van der Waals surface area contributed by atoms with Crippen molar-refractivity contribution in [2.45, 2.75) is 75.3 Å². The van der Waals surface area contributed by atoms with Gasteiger partial charge in [0.05, 0.1) is 5.92 Å². The van der Waals surface area contributed by atoms with Gasteiger partial charge in [-0.25, -0.2) is 0 Å². The fourth-order valence-corrected chi connectivity index (χ4v) is 2.60. The Morgan fingerprint density at radius 1 is 0.941 bits per heavy atom. The van der Waals surface area contributed by atoms with Crippen LogP contribution in [0.25, 0.3) is 0 Å². The maximum Gasteiger partial charge on any atom is 0.392 e. The van der Waals surface area contributed by atoms with Crippen molar-refractivity contribution in [3.8, 4) is 0 Å². The van der Waals surface area contributed by atoms with E-state index in [1.165, 1.54) is 39.0 Å². The molecule has 0 amide bonds. The van der Waals surface area contributed by atoms with Gasteiger partial charge in [-0.15, -0.1) is 0 Å². The van der Waals surface area contributed by atoms with Gasteiger partial charge in [-0.2, -0.15) is 13.2 Å². The van der Waals surface area contributed by atoms with E-state index >= 15 is 0 Å². The molecule has 0 radical (unpaired) electrons. The van der Waals surface area contributed by atoms with Gasteiger partial charge in [0.25, 0.3) is 0 Å². The summed E-state index contributed by atoms with van der Waals surface area (Å²) in [5.74, 6) is -1.18. The lowest BCUT2D eigenvalue weighted by molar-refractivity contribution is -0.168. The summed E-state index contributed by atoms with van der Waals surface area (Å²) in [7, 11) is 0. The van der Waals surface area contributed by atoms with Crippen LogP contribution < -0.4 is 0 Å². The molecule has 0 aliphatic heterocycles. The average molecular weight is 364 g/mol. The Bertz CT molecular complexity index is 180. The molecule has 0 aliphatic carbocycles. The highest BCUT2D eigenvalue weighted by molar-refractivity contribution is 14.1. The van der Waals surface area contributed by atoms with E-state index < -0.39 is 12.1 Å². The number of rotatable bonds is 9. The molecule has 4 heteroatoms. The summed E-state index contributed by atoms with van der Waals surface area (Å²) < 4.78 is 37.0. The molecule has 0 saturated heterocycles. The molecule has 104 valence electrons. The molecule has 0 aromatic heterocycles. The Morgan fingerprint density at radius 3 is 1.88 bits per heavy atom. The van der Waals surface area contributed by atoms with Crippen molar-refractivity contribution in [1.29, 1.82) is 0 Å². The Balaban J connectivity index is 3.48. The fraction of sp³-hybridized carbons (Fsp3) is 1.00. The molecule has 0 aromatic rings. The third-order valence-electron chi connectivity index (χ3n) is 3.14. The van der Waals surface area contributed by atoms with Gasteiger partial charge in [0.1, 0.15) is 0 Å². The highest BCUT2D eigenvalue weighted by atomic mass is 127. The third kappa shape index (κ3) is 9.14. The maximum atomic E-state index is 12.4. The maximum absolute atomic E-state index is 12.4. The predicted molar refractivity (Wildman–Crippen MR) is 75.6 cm³/mol. The smallest absolute Gasteiger partial charge is 0.171 e. The molecule has 0 aliphatic rings. The summed E-state index contributed by atoms with van der Waals surface area (Å²) in [5.41, 5.74) is 0. The molecule has 0 spiro atoms. The quantitative estimate of drug-likeness (QED) is 0.262. The monoisotopic (exact) mass is 364 g/mol. The summed E-state index contributed by atoms with van der Waals surface area (Å²) >= 11 is 1.95. The molecule has 0 saturated carbocycles. The molecule has 2 unspecified atom stereocenters. The second-order valence-corrected chi connectivity index (χ2v) is 6.36. The Hall–Kier alpha value is 0.520. The summed E-state index contributed by atoms with van der Waals surface area (Å²) in [6.45, 7) is 3.47. The molecule has 0 aromatic carbocycles. The van der Waals surface area contributed by atoms with Gasteiger partial charge in [0.2, 0.25) is 0 Å². The van der Waals surface area contributed by atoms with Crippen LogP contribution in [0.5, 0.6) is 0 Å². The Morgan fingerprint density at radius 2 is 1.41 bits per heavy atom. The van der Waals surface area contributed by atoms with Gasteiger partial charge in [0.15, 0.2) is 0 Å². The van der Waals surface area contributed by atoms with Crippen LogP contribution in [-0.4, -0.2) is 10.1 Å². The first-order chi connectivity index (χ1) is 7.89. The van der Waals surface area contributed by atoms with Crippen LogP contribution >= 0.6 is 22.6 Å². The lowest BCUT2D eigenvalue weighted by Gasteiger charge is -2.21. The lowest BCUT2D eigenvalue weighted by Crippen LogP contribution is -2.27. The van der Waals surface area contributed by atoms with Gasteiger partial charge in [-0.1, -0.05) is 81.4 Å². The van der Waals surface area contributed by atoms with Crippen LogP contribution in [0.15, 0.2) is 0 Å². The molecular formula is C13H24F3I. The molecular weight excluding hydrogens is 340 g/mol. The first-order valence-corrected chi connectivity index (χ1v) is 7.85. The van der Waals surface area contributed by atoms with E-state index in [0.29, 0.717) is 6.42 Å². The molecule has 0 rings (SSSR count). The molecule has 17 heavy (non-hydrogen) atoms. The number of alkyl halides is 4. The molecule has 0 heterocycles. The van der Waals surface area contributed by atoms with Crippen molar-refractivity contribution < 1.29 is 13.2 Å². The van der Waals surface area contributed by atoms with Crippen molar-refractivity contribution in [2.24, 2.45) is 5.92 Å². The zero-order valence-corrected chi connectivity index (χ0v) is 13.0. The topological polar surface area (TPSA) is 0 Å². The standard InChI is InChI=1S/C13H24F3I/c1-3-4-5-6-7-8-9-10-12(17)11(2)13(14,15)16/h11-12H,3-10H2,1-2H3. The van der Waals surface area contributed by atoms with Gasteiger partial charge in [-0.05, 0) is 6.42 Å². The number of unbranched alkanes of at least 4 members (excludes halogenated alkanes) is 6. The average Bonchev–Trinajstić information content (AvgIpc) is 2.25. The second-order valence-electron chi connectivity index (χ2n) is 4.76. The van der Waals surface area contributed by atoms with Crippen LogP contribution in [-0.2, 0) is 0 Å². The van der Waals surface area contributed by atoms with Crippen LogP contribution in [0.1, 0.15) is 65.2 Å². The number of hydrogen-bond donors (Lipinski definition) is 0. The summed E-state index contributed by atoms with van der Waals surface area (Å²) in [5, 5.41) is 0. The number of halogens is 4. The van der Waals surface area contributed by atoms with Gasteiger partial charge < -0.3 is 0 Å². The van der Waals surface area contributed by atoms with Crippen LogP contribution in [0.3, 0.4) is 0 Å². The predicted octanol–water partition coefficient (Wildman–Crippen LogP) is 6.13. The third-order valence-corrected chi connectivity index (χ3v) is 4.84. The van der Waals surface area contributed by atoms with E-state index in [1.54, 1.807) is 0 Å². The second kappa shape index (κ2) is 9.45. The van der Waals surface area contributed by atoms with Gasteiger partial charge in [-0.3, -0.25) is 0 Å². The largest absolute Gasteiger partial charge is 0.392 e. The Kier molecular flexibility index (Phi) is 9.74. The first-order valence-electron chi connectivity index (χ1n) is 6.60. The van der Waals surface area contributed by atoms with Crippen LogP contribution in [0.2, 0.25) is 0 Å². The molecule has 2 atom stereocenters. The normalized spacial score (nSPS) is 15.9. The van der Waals surface area contributed by atoms with Gasteiger partial charge in [0, 0.05) is 3.92 Å². The molecule has 0 fully saturated rings. The summed E-state index contributed by atoms with van der Waals surface area (Å²) in [6.07, 6.45) is 4.84. The van der Waals surface area contributed by atoms with E-state index in [0.717, 1.165) is 12.8 Å². The van der Waals surface area contributed by atoms with Crippen molar-refractivity contribution in [2.75, 3.05) is 0 Å². The number of hydrogen-bond acceptors (Lipinski definition) is 0. The fourth-order valence-electron chi connectivity index (χ4n) is 1.75. The minimum Gasteiger partial charge on any atom is -0.171 e. The SMILES string of the molecule is CCCCCCCCCC(I)C(C)C(F)(F)F. The highest BCUT2D eigenvalue weighted by Gasteiger charge is 2.39. The van der Waals surface area contributed by atoms with Crippen molar-refractivity contribution in [3.05, 3.63) is 0 Å². The van der Waals surface area contributed by atoms with Crippen molar-refractivity contribution in [1.82, 2.24) is 0 Å². The molecule has 0 nitrogen and oxygen atoms in total. The summed E-state index contributed by atoms with van der Waals surface area (Å²) in [4.78, 5) is 0. The summed E-state index contributed by atoms with van der Waals surface area (Å²) in [6, 6.07) is 0. The minimum absolute atomic E-state index is 0.275. The highest BCUT2D eigenvalue weighted by Crippen LogP contribution is 2.34. The van der Waals surface area contributed by atoms with Crippen LogP contribution in [0, 0.1) is 5.92 Å². The molecule has 0 N–H and O–H groups in total. The van der Waals surface area contributed by atoms with Crippen molar-refractivity contribution in [3.63, 3.8) is 0 Å². The van der Waals surface area contributed by atoms with E-state index in [1.807, 2.05) is 22.6 Å². The van der Waals surface area contributed by atoms with Gasteiger partial charge >= 0.3 is 6.18 Å². The minimum atomic E-state index is -4.03. The first kappa shape index (κ1) is 17.5. The van der Waals surface area contributed by atoms with E-state index in [4.69, 9.17) is 0 Å². The molecule has 0 bridgehead atoms. The van der Waals surface area contributed by atoms with E-state index in [-0.39, 0.29) is 3.92 Å². The zero-order valence-electron chi connectivity index (χ0n) is 10.8. The van der Waals surface area contributed by atoms with E-state index in [2.05, 4.69) is 6.92 Å². The van der Waals surface area contributed by atoms with Crippen LogP contribution in [0.4, 0.5) is 13.2 Å². The zero-order chi connectivity index (χ0) is 13.3. The van der Waals surface area contributed by atoms with E-state index in [9.17, 15) is 13.2 Å².